The van der Waals surface area contributed by atoms with E-state index < -0.39 is 0 Å². The number of hydrogen-bond donors (Lipinski definition) is 0. The molecule has 1 aliphatic rings. The predicted octanol–water partition coefficient (Wildman–Crippen LogP) is 2.80. The summed E-state index contributed by atoms with van der Waals surface area (Å²) in [6, 6.07) is 12.7. The van der Waals surface area contributed by atoms with Crippen LogP contribution in [0, 0.1) is 0 Å². The van der Waals surface area contributed by atoms with E-state index in [1.54, 1.807) is 0 Å². The summed E-state index contributed by atoms with van der Waals surface area (Å²) >= 11 is 0. The Morgan fingerprint density at radius 3 is 1.79 bits per heavy atom. The lowest BCUT2D eigenvalue weighted by molar-refractivity contribution is -0.322. The molecule has 14 heavy (non-hydrogen) atoms. The Bertz CT molecular complexity index is 432. The van der Waals surface area contributed by atoms with Crippen molar-refractivity contribution in [3.63, 3.8) is 0 Å². The van der Waals surface area contributed by atoms with Crippen LogP contribution in [-0.4, -0.2) is 0 Å². The normalized spacial score (nSPS) is 15.4. The summed E-state index contributed by atoms with van der Waals surface area (Å²) in [6.45, 7) is 1.11. The number of fused-ring (bicyclic) bond motifs is 2. The maximum absolute atomic E-state index is 4.94. The molecule has 1 aliphatic heterocycles. The molecule has 2 nitrogen and oxygen atoms in total. The first-order valence-electron chi connectivity index (χ1n) is 4.68. The standard InChI is InChI=1S/C12H10O2/c1-2-4-10-6-12-8-14-13-7-11(12)5-9(10)3-1/h1-6H,7-8H2. The van der Waals surface area contributed by atoms with Crippen molar-refractivity contribution >= 4 is 10.8 Å². The molecular weight excluding hydrogens is 176 g/mol. The molecule has 0 bridgehead atoms. The highest BCUT2D eigenvalue weighted by molar-refractivity contribution is 5.84. The Morgan fingerprint density at radius 2 is 1.29 bits per heavy atom. The topological polar surface area (TPSA) is 18.5 Å². The molecule has 0 N–H and O–H groups in total. The molecule has 0 aromatic heterocycles. The average molecular weight is 186 g/mol. The van der Waals surface area contributed by atoms with Gasteiger partial charge in [0, 0.05) is 0 Å². The Kier molecular flexibility index (Phi) is 1.76. The minimum atomic E-state index is 0.556. The minimum absolute atomic E-state index is 0.556. The molecule has 0 fully saturated rings. The molecule has 0 radical (unpaired) electrons. The van der Waals surface area contributed by atoms with Crippen LogP contribution in [0.4, 0.5) is 0 Å². The SMILES string of the molecule is c1ccc2cc3c(cc2c1)COOC3. The molecule has 1 heterocycles. The van der Waals surface area contributed by atoms with Crippen LogP contribution in [0.5, 0.6) is 0 Å². The van der Waals surface area contributed by atoms with Crippen molar-refractivity contribution < 1.29 is 9.78 Å². The Balaban J connectivity index is 2.27. The Morgan fingerprint density at radius 1 is 0.786 bits per heavy atom. The zero-order valence-corrected chi connectivity index (χ0v) is 7.69. The molecule has 3 rings (SSSR count). The lowest BCUT2D eigenvalue weighted by Crippen LogP contribution is -2.07. The molecule has 0 amide bonds. The Hall–Kier alpha value is -1.38. The van der Waals surface area contributed by atoms with Crippen LogP contribution in [0.2, 0.25) is 0 Å². The predicted molar refractivity (Wildman–Crippen MR) is 53.5 cm³/mol. The number of hydrogen-bond acceptors (Lipinski definition) is 2. The van der Waals surface area contributed by atoms with E-state index in [-0.39, 0.29) is 0 Å². The summed E-state index contributed by atoms with van der Waals surface area (Å²) in [5.41, 5.74) is 2.46. The van der Waals surface area contributed by atoms with Crippen molar-refractivity contribution in [3.8, 4) is 0 Å². The van der Waals surface area contributed by atoms with E-state index in [0.29, 0.717) is 13.2 Å². The van der Waals surface area contributed by atoms with Gasteiger partial charge in [0.05, 0.1) is 0 Å². The summed E-state index contributed by atoms with van der Waals surface area (Å²) in [5, 5.41) is 2.52. The summed E-state index contributed by atoms with van der Waals surface area (Å²) in [5.74, 6) is 0. The molecule has 70 valence electrons. The van der Waals surface area contributed by atoms with Gasteiger partial charge >= 0.3 is 0 Å². The highest BCUT2D eigenvalue weighted by Gasteiger charge is 2.10. The lowest BCUT2D eigenvalue weighted by atomic mass is 10.0. The largest absolute Gasteiger partial charge is 0.232 e. The van der Waals surface area contributed by atoms with E-state index in [1.807, 2.05) is 0 Å². The van der Waals surface area contributed by atoms with Crippen molar-refractivity contribution in [1.29, 1.82) is 0 Å². The summed E-state index contributed by atoms with van der Waals surface area (Å²) in [7, 11) is 0. The van der Waals surface area contributed by atoms with Gasteiger partial charge < -0.3 is 0 Å². The third-order valence-corrected chi connectivity index (χ3v) is 2.58. The fraction of sp³-hybridized carbons (Fsp3) is 0.167. The maximum Gasteiger partial charge on any atom is 0.108 e. The third kappa shape index (κ3) is 1.20. The monoisotopic (exact) mass is 186 g/mol. The van der Waals surface area contributed by atoms with Crippen molar-refractivity contribution in [1.82, 2.24) is 0 Å². The highest BCUT2D eigenvalue weighted by atomic mass is 17.2. The molecule has 0 aliphatic carbocycles. The van der Waals surface area contributed by atoms with Crippen LogP contribution in [-0.2, 0) is 23.0 Å². The van der Waals surface area contributed by atoms with Crippen LogP contribution in [0.1, 0.15) is 11.1 Å². The molecule has 0 saturated carbocycles. The first-order valence-corrected chi connectivity index (χ1v) is 4.68. The molecule has 2 aromatic carbocycles. The van der Waals surface area contributed by atoms with Gasteiger partial charge in [0.25, 0.3) is 0 Å². The molecule has 0 saturated heterocycles. The number of rotatable bonds is 0. The smallest absolute Gasteiger partial charge is 0.108 e. The van der Waals surface area contributed by atoms with Gasteiger partial charge in [0.1, 0.15) is 13.2 Å². The summed E-state index contributed by atoms with van der Waals surface area (Å²) in [4.78, 5) is 9.89. The van der Waals surface area contributed by atoms with Gasteiger partial charge in [-0.15, -0.1) is 0 Å². The summed E-state index contributed by atoms with van der Waals surface area (Å²) in [6.07, 6.45) is 0. The van der Waals surface area contributed by atoms with E-state index >= 15 is 0 Å². The second kappa shape index (κ2) is 3.08. The average Bonchev–Trinajstić information content (AvgIpc) is 2.26. The van der Waals surface area contributed by atoms with Crippen LogP contribution in [0.15, 0.2) is 36.4 Å². The van der Waals surface area contributed by atoms with Crippen LogP contribution in [0.3, 0.4) is 0 Å². The van der Waals surface area contributed by atoms with Gasteiger partial charge in [-0.05, 0) is 34.0 Å². The fourth-order valence-electron chi connectivity index (χ4n) is 1.81. The molecule has 2 aromatic rings. The van der Waals surface area contributed by atoms with E-state index in [1.165, 1.54) is 21.9 Å². The van der Waals surface area contributed by atoms with Gasteiger partial charge in [-0.25, -0.2) is 9.78 Å². The molecule has 0 unspecified atom stereocenters. The third-order valence-electron chi connectivity index (χ3n) is 2.58. The minimum Gasteiger partial charge on any atom is -0.232 e. The van der Waals surface area contributed by atoms with Crippen LogP contribution >= 0.6 is 0 Å². The van der Waals surface area contributed by atoms with Gasteiger partial charge in [0.15, 0.2) is 0 Å². The highest BCUT2D eigenvalue weighted by Crippen LogP contribution is 2.24. The lowest BCUT2D eigenvalue weighted by Gasteiger charge is -2.16. The van der Waals surface area contributed by atoms with E-state index in [9.17, 15) is 0 Å². The summed E-state index contributed by atoms with van der Waals surface area (Å²) < 4.78 is 0. The molecule has 0 spiro atoms. The zero-order chi connectivity index (χ0) is 9.38. The van der Waals surface area contributed by atoms with E-state index in [2.05, 4.69) is 36.4 Å². The van der Waals surface area contributed by atoms with E-state index in [0.717, 1.165) is 0 Å². The number of benzene rings is 2. The quantitative estimate of drug-likeness (QED) is 0.589. The van der Waals surface area contributed by atoms with Crippen molar-refractivity contribution in [2.45, 2.75) is 13.2 Å². The van der Waals surface area contributed by atoms with E-state index in [4.69, 9.17) is 9.78 Å². The van der Waals surface area contributed by atoms with Crippen LogP contribution in [0.25, 0.3) is 10.8 Å². The maximum atomic E-state index is 4.94. The molecule has 2 heteroatoms. The second-order valence-corrected chi connectivity index (χ2v) is 3.49. The van der Waals surface area contributed by atoms with Gasteiger partial charge in [0.2, 0.25) is 0 Å². The van der Waals surface area contributed by atoms with Gasteiger partial charge in [-0.2, -0.15) is 0 Å². The molecule has 0 atom stereocenters. The van der Waals surface area contributed by atoms with Gasteiger partial charge in [-0.3, -0.25) is 0 Å². The van der Waals surface area contributed by atoms with Crippen LogP contribution < -0.4 is 0 Å². The second-order valence-electron chi connectivity index (χ2n) is 3.49. The van der Waals surface area contributed by atoms with Gasteiger partial charge in [-0.1, -0.05) is 24.3 Å². The Labute approximate surface area is 82.0 Å². The first kappa shape index (κ1) is 7.97. The van der Waals surface area contributed by atoms with Crippen molar-refractivity contribution in [2.24, 2.45) is 0 Å². The molecular formula is C12H10O2. The van der Waals surface area contributed by atoms with Crippen molar-refractivity contribution in [2.75, 3.05) is 0 Å². The zero-order valence-electron chi connectivity index (χ0n) is 7.69. The van der Waals surface area contributed by atoms with Crippen molar-refractivity contribution in [3.05, 3.63) is 47.5 Å². The fourth-order valence-corrected chi connectivity index (χ4v) is 1.81. The first-order chi connectivity index (χ1) is 6.93.